The Morgan fingerprint density at radius 3 is 2.29 bits per heavy atom. The van der Waals surface area contributed by atoms with Gasteiger partial charge >= 0.3 is 7.82 Å². The number of rotatable bonds is 9. The van der Waals surface area contributed by atoms with Crippen LogP contribution in [0.15, 0.2) is 30.3 Å². The van der Waals surface area contributed by atoms with E-state index in [2.05, 4.69) is 9.05 Å². The average Bonchev–Trinajstić information content (AvgIpc) is 2.65. The molecule has 0 spiro atoms. The standard InChI is InChI=1S/C17H25O6P/c1-20-24(19,21-2)23-13-17(18)15-8-10-16(11-9-15)22-12-14-6-4-3-5-7-14/h3-7,15-16H,8-13H2,1-2H3. The van der Waals surface area contributed by atoms with Crippen molar-refractivity contribution in [1.82, 2.24) is 0 Å². The summed E-state index contributed by atoms with van der Waals surface area (Å²) in [6, 6.07) is 10.0. The fraction of sp³-hybridized carbons (Fsp3) is 0.588. The van der Waals surface area contributed by atoms with Gasteiger partial charge in [-0.25, -0.2) is 4.57 Å². The summed E-state index contributed by atoms with van der Waals surface area (Å²) >= 11 is 0. The Labute approximate surface area is 143 Å². The second kappa shape index (κ2) is 9.44. The van der Waals surface area contributed by atoms with Gasteiger partial charge in [-0.2, -0.15) is 0 Å². The average molecular weight is 356 g/mol. The molecule has 0 unspecified atom stereocenters. The van der Waals surface area contributed by atoms with Crippen LogP contribution in [0.5, 0.6) is 0 Å². The lowest BCUT2D eigenvalue weighted by atomic mass is 9.85. The van der Waals surface area contributed by atoms with E-state index in [0.29, 0.717) is 6.61 Å². The highest BCUT2D eigenvalue weighted by atomic mass is 31.2. The maximum absolute atomic E-state index is 12.2. The molecule has 0 heterocycles. The van der Waals surface area contributed by atoms with E-state index >= 15 is 0 Å². The van der Waals surface area contributed by atoms with E-state index in [0.717, 1.165) is 31.2 Å². The first-order valence-electron chi connectivity index (χ1n) is 8.10. The normalized spacial score (nSPS) is 21.6. The van der Waals surface area contributed by atoms with E-state index in [9.17, 15) is 9.36 Å². The maximum atomic E-state index is 12.2. The van der Waals surface area contributed by atoms with Crippen LogP contribution in [0, 0.1) is 5.92 Å². The summed E-state index contributed by atoms with van der Waals surface area (Å²) in [7, 11) is -1.14. The summed E-state index contributed by atoms with van der Waals surface area (Å²) in [5, 5.41) is 0. The minimum Gasteiger partial charge on any atom is -0.374 e. The maximum Gasteiger partial charge on any atom is 0.474 e. The monoisotopic (exact) mass is 356 g/mol. The van der Waals surface area contributed by atoms with Crippen molar-refractivity contribution in [2.45, 2.75) is 38.4 Å². The molecule has 1 aromatic carbocycles. The first-order chi connectivity index (χ1) is 11.6. The molecule has 2 rings (SSSR count). The summed E-state index contributed by atoms with van der Waals surface area (Å²) in [5.41, 5.74) is 1.15. The van der Waals surface area contributed by atoms with Crippen LogP contribution in [0.2, 0.25) is 0 Å². The summed E-state index contributed by atoms with van der Waals surface area (Å²) in [6.07, 6.45) is 3.38. The zero-order valence-corrected chi connectivity index (χ0v) is 15.1. The van der Waals surface area contributed by atoms with Crippen LogP contribution in [0.4, 0.5) is 0 Å². The fourth-order valence-corrected chi connectivity index (χ4v) is 3.43. The lowest BCUT2D eigenvalue weighted by Crippen LogP contribution is -2.28. The lowest BCUT2D eigenvalue weighted by molar-refractivity contribution is -0.127. The van der Waals surface area contributed by atoms with Gasteiger partial charge in [-0.15, -0.1) is 0 Å². The molecule has 0 saturated heterocycles. The van der Waals surface area contributed by atoms with Gasteiger partial charge < -0.3 is 4.74 Å². The van der Waals surface area contributed by atoms with Crippen molar-refractivity contribution in [2.24, 2.45) is 5.92 Å². The van der Waals surface area contributed by atoms with E-state index in [4.69, 9.17) is 9.26 Å². The van der Waals surface area contributed by atoms with Gasteiger partial charge in [0.2, 0.25) is 0 Å². The quantitative estimate of drug-likeness (QED) is 0.628. The highest BCUT2D eigenvalue weighted by Gasteiger charge is 2.30. The summed E-state index contributed by atoms with van der Waals surface area (Å²) in [6.45, 7) is 0.344. The van der Waals surface area contributed by atoms with Crippen LogP contribution < -0.4 is 0 Å². The molecule has 7 heteroatoms. The van der Waals surface area contributed by atoms with E-state index in [1.807, 2.05) is 30.3 Å². The molecule has 24 heavy (non-hydrogen) atoms. The number of hydrogen-bond acceptors (Lipinski definition) is 6. The highest BCUT2D eigenvalue weighted by molar-refractivity contribution is 7.48. The smallest absolute Gasteiger partial charge is 0.374 e. The molecule has 0 bridgehead atoms. The molecule has 134 valence electrons. The Hall–Kier alpha value is -1.04. The van der Waals surface area contributed by atoms with Crippen LogP contribution in [0.1, 0.15) is 31.2 Å². The van der Waals surface area contributed by atoms with Gasteiger partial charge in [-0.3, -0.25) is 18.4 Å². The molecule has 1 aromatic rings. The van der Waals surface area contributed by atoms with Crippen molar-refractivity contribution in [2.75, 3.05) is 20.8 Å². The van der Waals surface area contributed by atoms with Crippen LogP contribution in [-0.4, -0.2) is 32.7 Å². The second-order valence-corrected chi connectivity index (χ2v) is 7.71. The summed E-state index contributed by atoms with van der Waals surface area (Å²) in [5.74, 6) is -0.144. The highest BCUT2D eigenvalue weighted by Crippen LogP contribution is 2.47. The topological polar surface area (TPSA) is 71.1 Å². The van der Waals surface area contributed by atoms with Crippen molar-refractivity contribution in [3.63, 3.8) is 0 Å². The molecule has 0 N–H and O–H groups in total. The Bertz CT molecular complexity index is 545. The number of carbonyl (C=O) groups excluding carboxylic acids is 1. The van der Waals surface area contributed by atoms with E-state index in [1.54, 1.807) is 0 Å². The zero-order chi connectivity index (χ0) is 17.4. The van der Waals surface area contributed by atoms with E-state index < -0.39 is 7.82 Å². The zero-order valence-electron chi connectivity index (χ0n) is 14.2. The molecular weight excluding hydrogens is 331 g/mol. The molecule has 1 fully saturated rings. The molecule has 6 nitrogen and oxygen atoms in total. The number of hydrogen-bond donors (Lipinski definition) is 0. The first-order valence-corrected chi connectivity index (χ1v) is 9.56. The van der Waals surface area contributed by atoms with Crippen molar-refractivity contribution in [3.05, 3.63) is 35.9 Å². The van der Waals surface area contributed by atoms with E-state index in [-0.39, 0.29) is 24.4 Å². The Balaban J connectivity index is 1.70. The van der Waals surface area contributed by atoms with Crippen LogP contribution in [-0.2, 0) is 34.3 Å². The van der Waals surface area contributed by atoms with Gasteiger partial charge in [0.05, 0.1) is 12.7 Å². The second-order valence-electron chi connectivity index (χ2n) is 5.82. The Morgan fingerprint density at radius 2 is 1.71 bits per heavy atom. The minimum absolute atomic E-state index is 0.0640. The first kappa shape index (κ1) is 19.3. The number of carbonyl (C=O) groups is 1. The van der Waals surface area contributed by atoms with Crippen molar-refractivity contribution < 1.29 is 27.7 Å². The third-order valence-corrected chi connectivity index (χ3v) is 5.61. The van der Waals surface area contributed by atoms with Gasteiger partial charge in [0, 0.05) is 20.1 Å². The summed E-state index contributed by atoms with van der Waals surface area (Å²) in [4.78, 5) is 12.2. The van der Waals surface area contributed by atoms with Crippen LogP contribution in [0.25, 0.3) is 0 Å². The number of ether oxygens (including phenoxy) is 1. The van der Waals surface area contributed by atoms with Gasteiger partial charge in [-0.05, 0) is 31.2 Å². The third-order valence-electron chi connectivity index (χ3n) is 4.27. The van der Waals surface area contributed by atoms with E-state index in [1.165, 1.54) is 14.2 Å². The number of Topliss-reactive ketones (excluding diaryl/α,β-unsaturated/α-hetero) is 1. The SMILES string of the molecule is COP(=O)(OC)OCC(=O)C1CCC(OCc2ccccc2)CC1. The van der Waals surface area contributed by atoms with Gasteiger partial charge in [-0.1, -0.05) is 30.3 Å². The summed E-state index contributed by atoms with van der Waals surface area (Å²) < 4.78 is 32.0. The molecule has 0 amide bonds. The predicted molar refractivity (Wildman–Crippen MR) is 89.6 cm³/mol. The number of phosphoric ester groups is 1. The molecule has 0 atom stereocenters. The lowest BCUT2D eigenvalue weighted by Gasteiger charge is -2.28. The third kappa shape index (κ3) is 5.80. The van der Waals surface area contributed by atoms with Crippen molar-refractivity contribution in [1.29, 1.82) is 0 Å². The molecular formula is C17H25O6P. The van der Waals surface area contributed by atoms with Crippen LogP contribution in [0.3, 0.4) is 0 Å². The predicted octanol–water partition coefficient (Wildman–Crippen LogP) is 3.75. The van der Waals surface area contributed by atoms with Crippen molar-refractivity contribution in [3.8, 4) is 0 Å². The molecule has 0 aliphatic heterocycles. The molecule has 0 radical (unpaired) electrons. The number of phosphoric acid groups is 1. The van der Waals surface area contributed by atoms with Crippen LogP contribution >= 0.6 is 7.82 Å². The fourth-order valence-electron chi connectivity index (χ4n) is 2.78. The number of benzene rings is 1. The van der Waals surface area contributed by atoms with Gasteiger partial charge in [0.1, 0.15) is 6.61 Å². The number of ketones is 1. The van der Waals surface area contributed by atoms with Crippen molar-refractivity contribution >= 4 is 13.6 Å². The molecule has 1 aliphatic rings. The Kier molecular flexibility index (Phi) is 7.59. The molecule has 1 saturated carbocycles. The Morgan fingerprint density at radius 1 is 1.08 bits per heavy atom. The molecule has 1 aliphatic carbocycles. The molecule has 0 aromatic heterocycles. The van der Waals surface area contributed by atoms with Gasteiger partial charge in [0.15, 0.2) is 5.78 Å². The largest absolute Gasteiger partial charge is 0.474 e. The minimum atomic E-state index is -3.59. The van der Waals surface area contributed by atoms with Gasteiger partial charge in [0.25, 0.3) is 0 Å².